The Morgan fingerprint density at radius 3 is 2.77 bits per heavy atom. The molecule has 13 heavy (non-hydrogen) atoms. The molecule has 0 aromatic heterocycles. The predicted octanol–water partition coefficient (Wildman–Crippen LogP) is -0.388. The Balaban J connectivity index is 2.40. The fraction of sp³-hybridized carbons (Fsp3) is 0.750. The lowest BCUT2D eigenvalue weighted by atomic mass is 10.1. The third-order valence-corrected chi connectivity index (χ3v) is 2.05. The summed E-state index contributed by atoms with van der Waals surface area (Å²) in [5, 5.41) is 11.4. The number of carbonyl (C=O) groups excluding carboxylic acids is 1. The molecule has 1 heterocycles. The van der Waals surface area contributed by atoms with E-state index in [1.165, 1.54) is 0 Å². The van der Waals surface area contributed by atoms with Gasteiger partial charge in [-0.15, -0.1) is 0 Å². The van der Waals surface area contributed by atoms with Gasteiger partial charge in [-0.05, 0) is 13.3 Å². The fourth-order valence-corrected chi connectivity index (χ4v) is 1.36. The number of ether oxygens (including phenoxy) is 1. The van der Waals surface area contributed by atoms with Gasteiger partial charge >= 0.3 is 11.9 Å². The highest BCUT2D eigenvalue weighted by atomic mass is 16.5. The van der Waals surface area contributed by atoms with Crippen LogP contribution in [0.15, 0.2) is 0 Å². The largest absolute Gasteiger partial charge is 0.480 e. The first-order chi connectivity index (χ1) is 6.15. The van der Waals surface area contributed by atoms with Crippen molar-refractivity contribution in [3.05, 3.63) is 0 Å². The molecular formula is C8H13NO4. The van der Waals surface area contributed by atoms with E-state index in [1.807, 2.05) is 0 Å². The van der Waals surface area contributed by atoms with E-state index in [4.69, 9.17) is 9.84 Å². The summed E-state index contributed by atoms with van der Waals surface area (Å²) in [6, 6.07) is -0.602. The van der Waals surface area contributed by atoms with E-state index < -0.39 is 12.0 Å². The number of nitrogens with one attached hydrogen (secondary N) is 1. The molecule has 1 aliphatic heterocycles. The number of carboxylic acid groups (broad SMARTS) is 1. The Morgan fingerprint density at radius 1 is 1.62 bits per heavy atom. The molecule has 2 atom stereocenters. The zero-order valence-electron chi connectivity index (χ0n) is 7.45. The highest BCUT2D eigenvalue weighted by molar-refractivity contribution is 5.78. The minimum absolute atomic E-state index is 0.305. The molecule has 2 unspecified atom stereocenters. The van der Waals surface area contributed by atoms with Crippen molar-refractivity contribution in [3.63, 3.8) is 0 Å². The van der Waals surface area contributed by atoms with E-state index in [-0.39, 0.29) is 11.9 Å². The van der Waals surface area contributed by atoms with Crippen molar-refractivity contribution in [2.24, 2.45) is 5.92 Å². The SMILES string of the molecule is CCOC(=O)C1CNC(C(=O)O)C1. The number of esters is 1. The summed E-state index contributed by atoms with van der Waals surface area (Å²) < 4.78 is 4.78. The van der Waals surface area contributed by atoms with E-state index in [9.17, 15) is 9.59 Å². The van der Waals surface area contributed by atoms with E-state index in [0.717, 1.165) is 0 Å². The molecule has 74 valence electrons. The third-order valence-electron chi connectivity index (χ3n) is 2.05. The summed E-state index contributed by atoms with van der Waals surface area (Å²) >= 11 is 0. The van der Waals surface area contributed by atoms with Crippen LogP contribution in [-0.2, 0) is 14.3 Å². The molecule has 0 bridgehead atoms. The summed E-state index contributed by atoms with van der Waals surface area (Å²) in [7, 11) is 0. The van der Waals surface area contributed by atoms with Gasteiger partial charge in [0.1, 0.15) is 6.04 Å². The second kappa shape index (κ2) is 4.23. The van der Waals surface area contributed by atoms with Gasteiger partial charge in [-0.3, -0.25) is 9.59 Å². The molecule has 5 nitrogen and oxygen atoms in total. The molecule has 0 aliphatic carbocycles. The van der Waals surface area contributed by atoms with Crippen molar-refractivity contribution in [1.82, 2.24) is 5.32 Å². The summed E-state index contributed by atoms with van der Waals surface area (Å²) in [5.41, 5.74) is 0. The van der Waals surface area contributed by atoms with Crippen LogP contribution in [0.1, 0.15) is 13.3 Å². The minimum atomic E-state index is -0.910. The highest BCUT2D eigenvalue weighted by Gasteiger charge is 2.34. The number of hydrogen-bond acceptors (Lipinski definition) is 4. The first-order valence-corrected chi connectivity index (χ1v) is 4.28. The molecule has 2 N–H and O–H groups in total. The maximum Gasteiger partial charge on any atom is 0.320 e. The van der Waals surface area contributed by atoms with Gasteiger partial charge in [0, 0.05) is 6.54 Å². The Hall–Kier alpha value is -1.10. The fourth-order valence-electron chi connectivity index (χ4n) is 1.36. The molecule has 5 heteroatoms. The van der Waals surface area contributed by atoms with Crippen LogP contribution in [0.3, 0.4) is 0 Å². The highest BCUT2D eigenvalue weighted by Crippen LogP contribution is 2.15. The lowest BCUT2D eigenvalue weighted by Crippen LogP contribution is -2.29. The number of rotatable bonds is 3. The van der Waals surface area contributed by atoms with Gasteiger partial charge in [-0.25, -0.2) is 0 Å². The molecule has 0 radical (unpaired) electrons. The Labute approximate surface area is 76.1 Å². The summed E-state index contributed by atoms with van der Waals surface area (Å²) in [5.74, 6) is -1.52. The van der Waals surface area contributed by atoms with Gasteiger partial charge in [0.15, 0.2) is 0 Å². The monoisotopic (exact) mass is 187 g/mol. The van der Waals surface area contributed by atoms with Crippen molar-refractivity contribution < 1.29 is 19.4 Å². The van der Waals surface area contributed by atoms with Gasteiger partial charge in [-0.1, -0.05) is 0 Å². The van der Waals surface area contributed by atoms with Crippen molar-refractivity contribution in [1.29, 1.82) is 0 Å². The van der Waals surface area contributed by atoms with Crippen molar-refractivity contribution in [3.8, 4) is 0 Å². The number of aliphatic carboxylic acids is 1. The van der Waals surface area contributed by atoms with Crippen LogP contribution in [0, 0.1) is 5.92 Å². The average Bonchev–Trinajstić information content (AvgIpc) is 2.52. The van der Waals surface area contributed by atoms with Crippen LogP contribution in [0.25, 0.3) is 0 Å². The standard InChI is InChI=1S/C8H13NO4/c1-2-13-8(12)5-3-6(7(10)11)9-4-5/h5-6,9H,2-4H2,1H3,(H,10,11). The van der Waals surface area contributed by atoms with Crippen LogP contribution in [-0.4, -0.2) is 36.2 Å². The van der Waals surface area contributed by atoms with E-state index in [0.29, 0.717) is 19.6 Å². The third kappa shape index (κ3) is 2.42. The van der Waals surface area contributed by atoms with Gasteiger partial charge in [0.25, 0.3) is 0 Å². The van der Waals surface area contributed by atoms with Gasteiger partial charge in [0.05, 0.1) is 12.5 Å². The quantitative estimate of drug-likeness (QED) is 0.588. The zero-order valence-corrected chi connectivity index (χ0v) is 7.45. The Morgan fingerprint density at radius 2 is 2.31 bits per heavy atom. The molecule has 1 rings (SSSR count). The van der Waals surface area contributed by atoms with Gasteiger partial charge in [0.2, 0.25) is 0 Å². The first-order valence-electron chi connectivity index (χ1n) is 4.28. The molecule has 0 amide bonds. The molecule has 1 fully saturated rings. The number of hydrogen-bond donors (Lipinski definition) is 2. The molecule has 0 saturated carbocycles. The molecule has 1 aliphatic rings. The number of carbonyl (C=O) groups is 2. The van der Waals surface area contributed by atoms with Crippen molar-refractivity contribution in [2.75, 3.05) is 13.2 Å². The van der Waals surface area contributed by atoms with Crippen molar-refractivity contribution in [2.45, 2.75) is 19.4 Å². The van der Waals surface area contributed by atoms with Crippen LogP contribution >= 0.6 is 0 Å². The van der Waals surface area contributed by atoms with E-state index in [2.05, 4.69) is 5.32 Å². The summed E-state index contributed by atoms with van der Waals surface area (Å²) in [4.78, 5) is 21.7. The molecule has 0 spiro atoms. The topological polar surface area (TPSA) is 75.6 Å². The van der Waals surface area contributed by atoms with Crippen LogP contribution in [0.5, 0.6) is 0 Å². The second-order valence-corrected chi connectivity index (χ2v) is 2.98. The predicted molar refractivity (Wildman–Crippen MR) is 44.2 cm³/mol. The first kappa shape index (κ1) is 9.98. The summed E-state index contributed by atoms with van der Waals surface area (Å²) in [6.45, 7) is 2.47. The van der Waals surface area contributed by atoms with E-state index in [1.54, 1.807) is 6.92 Å². The lowest BCUT2D eigenvalue weighted by Gasteiger charge is -2.06. The molecule has 0 aromatic rings. The Bertz CT molecular complexity index is 216. The maximum absolute atomic E-state index is 11.2. The van der Waals surface area contributed by atoms with Crippen LogP contribution in [0.4, 0.5) is 0 Å². The van der Waals surface area contributed by atoms with Crippen molar-refractivity contribution >= 4 is 11.9 Å². The average molecular weight is 187 g/mol. The van der Waals surface area contributed by atoms with Crippen LogP contribution < -0.4 is 5.32 Å². The molecule has 1 saturated heterocycles. The smallest absolute Gasteiger partial charge is 0.320 e. The zero-order chi connectivity index (χ0) is 9.84. The van der Waals surface area contributed by atoms with E-state index >= 15 is 0 Å². The van der Waals surface area contributed by atoms with Gasteiger partial charge in [-0.2, -0.15) is 0 Å². The minimum Gasteiger partial charge on any atom is -0.480 e. The Kier molecular flexibility index (Phi) is 3.25. The summed E-state index contributed by atoms with van der Waals surface area (Å²) in [6.07, 6.45) is 0.328. The maximum atomic E-state index is 11.2. The normalized spacial score (nSPS) is 27.2. The number of carboxylic acids is 1. The lowest BCUT2D eigenvalue weighted by molar-refractivity contribution is -0.147. The molecule has 0 aromatic carbocycles. The second-order valence-electron chi connectivity index (χ2n) is 2.98. The molecular weight excluding hydrogens is 174 g/mol. The van der Waals surface area contributed by atoms with Gasteiger partial charge < -0.3 is 15.2 Å². The van der Waals surface area contributed by atoms with Crippen LogP contribution in [0.2, 0.25) is 0 Å².